The van der Waals surface area contributed by atoms with Crippen LogP contribution in [0.1, 0.15) is 34.1 Å². The van der Waals surface area contributed by atoms with Crippen LogP contribution in [-0.2, 0) is 19.2 Å². The van der Waals surface area contributed by atoms with Gasteiger partial charge in [0.2, 0.25) is 17.7 Å². The molecule has 5 unspecified atom stereocenters. The number of carboxylic acid groups (broad SMARTS) is 1. The van der Waals surface area contributed by atoms with Crippen molar-refractivity contribution in [2.75, 3.05) is 5.75 Å². The van der Waals surface area contributed by atoms with E-state index in [1.807, 2.05) is 6.92 Å². The molecule has 0 bridgehead atoms. The Hall–Kier alpha value is -1.81. The van der Waals surface area contributed by atoms with Crippen LogP contribution in [-0.4, -0.2) is 58.7 Å². The third kappa shape index (κ3) is 7.74. The van der Waals surface area contributed by atoms with Gasteiger partial charge in [0.15, 0.2) is 0 Å². The standard InChI is InChI=1S/C15H28N4O5S/c1-5-7(2)11(19-12(20)8(3)16)14(22)18-10(6-25)13(21)17-9(4)15(23)24/h7-11,25H,5-6,16H2,1-4H3,(H,17,21)(H,18,22)(H,19,20)(H,23,24). The minimum absolute atomic E-state index is 0.0294. The molecule has 5 atom stereocenters. The van der Waals surface area contributed by atoms with Gasteiger partial charge in [0.25, 0.3) is 0 Å². The highest BCUT2D eigenvalue weighted by Gasteiger charge is 2.30. The summed E-state index contributed by atoms with van der Waals surface area (Å²) in [5, 5.41) is 16.2. The fraction of sp³-hybridized carbons (Fsp3) is 0.733. The van der Waals surface area contributed by atoms with E-state index in [-0.39, 0.29) is 11.7 Å². The van der Waals surface area contributed by atoms with Gasteiger partial charge in [-0.05, 0) is 19.8 Å². The maximum atomic E-state index is 12.5. The average molecular weight is 376 g/mol. The van der Waals surface area contributed by atoms with Gasteiger partial charge in [0.05, 0.1) is 6.04 Å². The Morgan fingerprint density at radius 2 is 1.56 bits per heavy atom. The van der Waals surface area contributed by atoms with Gasteiger partial charge in [-0.15, -0.1) is 0 Å². The molecule has 0 saturated carbocycles. The minimum Gasteiger partial charge on any atom is -0.480 e. The first-order valence-electron chi connectivity index (χ1n) is 8.05. The summed E-state index contributed by atoms with van der Waals surface area (Å²) in [6.07, 6.45) is 0.616. The summed E-state index contributed by atoms with van der Waals surface area (Å²) >= 11 is 4.02. The maximum absolute atomic E-state index is 12.5. The molecule has 0 rings (SSSR count). The van der Waals surface area contributed by atoms with Gasteiger partial charge in [0, 0.05) is 5.75 Å². The molecule has 0 heterocycles. The number of thiol groups is 1. The van der Waals surface area contributed by atoms with Crippen molar-refractivity contribution in [2.45, 2.75) is 58.3 Å². The SMILES string of the molecule is CCC(C)C(NC(=O)C(C)N)C(=O)NC(CS)C(=O)NC(C)C(=O)O. The minimum atomic E-state index is -1.20. The van der Waals surface area contributed by atoms with Crippen LogP contribution in [0, 0.1) is 5.92 Å². The van der Waals surface area contributed by atoms with Gasteiger partial charge in [-0.2, -0.15) is 12.6 Å². The fourth-order valence-corrected chi connectivity index (χ4v) is 2.08. The molecule has 0 saturated heterocycles. The fourth-order valence-electron chi connectivity index (χ4n) is 1.82. The zero-order valence-electron chi connectivity index (χ0n) is 14.9. The largest absolute Gasteiger partial charge is 0.480 e. The zero-order chi connectivity index (χ0) is 19.7. The quantitative estimate of drug-likeness (QED) is 0.266. The Morgan fingerprint density at radius 3 is 1.96 bits per heavy atom. The molecule has 0 radical (unpaired) electrons. The second-order valence-electron chi connectivity index (χ2n) is 5.97. The second-order valence-corrected chi connectivity index (χ2v) is 6.34. The van der Waals surface area contributed by atoms with Gasteiger partial charge in [-0.25, -0.2) is 0 Å². The third-order valence-electron chi connectivity index (χ3n) is 3.75. The van der Waals surface area contributed by atoms with Crippen molar-refractivity contribution in [3.8, 4) is 0 Å². The molecule has 0 aromatic heterocycles. The third-order valence-corrected chi connectivity index (χ3v) is 4.12. The van der Waals surface area contributed by atoms with E-state index in [1.165, 1.54) is 13.8 Å². The van der Waals surface area contributed by atoms with Crippen LogP contribution in [0.5, 0.6) is 0 Å². The molecule has 0 aliphatic heterocycles. The molecule has 144 valence electrons. The number of amides is 3. The van der Waals surface area contributed by atoms with Crippen molar-refractivity contribution in [1.29, 1.82) is 0 Å². The summed E-state index contributed by atoms with van der Waals surface area (Å²) in [5.74, 6) is -3.12. The van der Waals surface area contributed by atoms with Crippen molar-refractivity contribution in [3.05, 3.63) is 0 Å². The first-order chi connectivity index (χ1) is 11.5. The zero-order valence-corrected chi connectivity index (χ0v) is 15.8. The summed E-state index contributed by atoms with van der Waals surface area (Å²) in [4.78, 5) is 47.2. The number of nitrogens with two attached hydrogens (primary N) is 1. The lowest BCUT2D eigenvalue weighted by Gasteiger charge is -2.26. The van der Waals surface area contributed by atoms with Gasteiger partial charge in [-0.1, -0.05) is 20.3 Å². The number of hydrogen-bond donors (Lipinski definition) is 6. The van der Waals surface area contributed by atoms with E-state index >= 15 is 0 Å². The molecule has 10 heteroatoms. The number of rotatable bonds is 10. The van der Waals surface area contributed by atoms with Crippen LogP contribution >= 0.6 is 12.6 Å². The summed E-state index contributed by atoms with van der Waals surface area (Å²) in [6, 6.07) is -3.78. The second kappa shape index (κ2) is 10.9. The van der Waals surface area contributed by atoms with E-state index < -0.39 is 47.9 Å². The number of aliphatic carboxylic acids is 1. The highest BCUT2D eigenvalue weighted by molar-refractivity contribution is 7.80. The molecular formula is C15H28N4O5S. The van der Waals surface area contributed by atoms with Crippen molar-refractivity contribution < 1.29 is 24.3 Å². The van der Waals surface area contributed by atoms with Crippen molar-refractivity contribution in [3.63, 3.8) is 0 Å². The molecule has 6 N–H and O–H groups in total. The van der Waals surface area contributed by atoms with Crippen LogP contribution in [0.2, 0.25) is 0 Å². The summed E-state index contributed by atoms with van der Waals surface area (Å²) in [7, 11) is 0. The maximum Gasteiger partial charge on any atom is 0.325 e. The molecule has 3 amide bonds. The molecule has 0 aliphatic carbocycles. The highest BCUT2D eigenvalue weighted by Crippen LogP contribution is 2.09. The first-order valence-corrected chi connectivity index (χ1v) is 8.68. The monoisotopic (exact) mass is 376 g/mol. The van der Waals surface area contributed by atoms with Gasteiger partial charge in [-0.3, -0.25) is 19.2 Å². The normalized spacial score (nSPS) is 16.7. The van der Waals surface area contributed by atoms with E-state index in [0.29, 0.717) is 6.42 Å². The lowest BCUT2D eigenvalue weighted by atomic mass is 9.97. The molecular weight excluding hydrogens is 348 g/mol. The van der Waals surface area contributed by atoms with Crippen LogP contribution in [0.3, 0.4) is 0 Å². The van der Waals surface area contributed by atoms with E-state index in [4.69, 9.17) is 10.8 Å². The Bertz CT molecular complexity index is 500. The number of hydrogen-bond acceptors (Lipinski definition) is 6. The average Bonchev–Trinajstić information content (AvgIpc) is 2.55. The molecule has 0 spiro atoms. The van der Waals surface area contributed by atoms with E-state index in [9.17, 15) is 19.2 Å². The Kier molecular flexibility index (Phi) is 10.1. The lowest BCUT2D eigenvalue weighted by molar-refractivity contribution is -0.141. The lowest BCUT2D eigenvalue weighted by Crippen LogP contribution is -2.58. The van der Waals surface area contributed by atoms with E-state index in [2.05, 4.69) is 28.6 Å². The predicted molar refractivity (Wildman–Crippen MR) is 96.1 cm³/mol. The Morgan fingerprint density at radius 1 is 1.00 bits per heavy atom. The van der Waals surface area contributed by atoms with Gasteiger partial charge < -0.3 is 26.8 Å². The Balaban J connectivity index is 5.07. The molecule has 0 aromatic rings. The van der Waals surface area contributed by atoms with E-state index in [1.54, 1.807) is 6.92 Å². The molecule has 0 fully saturated rings. The van der Waals surface area contributed by atoms with Crippen molar-refractivity contribution in [2.24, 2.45) is 11.7 Å². The summed E-state index contributed by atoms with van der Waals surface area (Å²) in [5.41, 5.74) is 5.51. The number of nitrogens with one attached hydrogen (secondary N) is 3. The van der Waals surface area contributed by atoms with Crippen LogP contribution in [0.4, 0.5) is 0 Å². The number of carbonyl (C=O) groups is 4. The Labute approximate surface area is 152 Å². The molecule has 0 aliphatic rings. The molecule has 25 heavy (non-hydrogen) atoms. The van der Waals surface area contributed by atoms with Crippen LogP contribution in [0.25, 0.3) is 0 Å². The van der Waals surface area contributed by atoms with Crippen LogP contribution < -0.4 is 21.7 Å². The summed E-state index contributed by atoms with van der Waals surface area (Å²) < 4.78 is 0. The topological polar surface area (TPSA) is 151 Å². The first kappa shape index (κ1) is 23.2. The van der Waals surface area contributed by atoms with Crippen molar-refractivity contribution in [1.82, 2.24) is 16.0 Å². The summed E-state index contributed by atoms with van der Waals surface area (Å²) in [6.45, 7) is 6.45. The highest BCUT2D eigenvalue weighted by atomic mass is 32.1. The van der Waals surface area contributed by atoms with E-state index in [0.717, 1.165) is 0 Å². The molecule has 9 nitrogen and oxygen atoms in total. The number of carbonyl (C=O) groups excluding carboxylic acids is 3. The smallest absolute Gasteiger partial charge is 0.325 e. The number of carboxylic acids is 1. The van der Waals surface area contributed by atoms with Gasteiger partial charge >= 0.3 is 5.97 Å². The predicted octanol–water partition coefficient (Wildman–Crippen LogP) is -1.13. The molecule has 0 aromatic carbocycles. The van der Waals surface area contributed by atoms with Gasteiger partial charge in [0.1, 0.15) is 18.1 Å². The van der Waals surface area contributed by atoms with Crippen molar-refractivity contribution >= 4 is 36.3 Å². The van der Waals surface area contributed by atoms with Crippen LogP contribution in [0.15, 0.2) is 0 Å².